The van der Waals surface area contributed by atoms with Gasteiger partial charge in [0.05, 0.1) is 41.3 Å². The molecule has 10 rings (SSSR count). The molecular formula is C57H68FN11O7. The summed E-state index contributed by atoms with van der Waals surface area (Å²) in [7, 11) is 1.89. The van der Waals surface area contributed by atoms with E-state index < -0.39 is 23.9 Å². The maximum atomic E-state index is 15.6. The standard InChI is InChI=1S/C57H68FN11O7/c1-34(2)54(57(73)69-33-40(70)27-49(69)56(72)62-35(3)38-9-11-39(12-10-38)48-14-20-61-66(48)4)51-31-52(65-76-51)68-23-15-36(16-24-68)32-67-21-17-41(18-22-67)74-42-28-43(29-42)75-53-26-37(13-19-60-53)25-46(58)45-30-47(63-64-55(45)59)44-7-5-6-8-50(44)71/h5-14,19-20,25-26,30-31,34-36,40-43,49,54,70-71H,15-18,21-24,27-29,32-33H2,1-4H3,(H2,59,64)(H,62,72)/t35-,40+,42?,43?,49-,54+/m0/s1. The van der Waals surface area contributed by atoms with E-state index in [4.69, 9.17) is 19.7 Å². The van der Waals surface area contributed by atoms with Crippen LogP contribution in [0.3, 0.4) is 0 Å². The van der Waals surface area contributed by atoms with Gasteiger partial charge < -0.3 is 50.0 Å². The van der Waals surface area contributed by atoms with Crippen LogP contribution in [0.15, 0.2) is 95.8 Å². The predicted molar refractivity (Wildman–Crippen MR) is 285 cm³/mol. The van der Waals surface area contributed by atoms with Crippen molar-refractivity contribution in [1.29, 1.82) is 0 Å². The Bertz CT molecular complexity index is 3000. The normalized spacial score (nSPS) is 21.6. The topological polar surface area (TPSA) is 223 Å². The second-order valence-electron chi connectivity index (χ2n) is 21.3. The Hall–Kier alpha value is -7.22. The van der Waals surface area contributed by atoms with Gasteiger partial charge in [0.25, 0.3) is 0 Å². The van der Waals surface area contributed by atoms with Crippen LogP contribution in [0.5, 0.6) is 11.6 Å². The maximum Gasteiger partial charge on any atom is 0.243 e. The van der Waals surface area contributed by atoms with Gasteiger partial charge in [-0.05, 0) is 97.5 Å². The Kier molecular flexibility index (Phi) is 15.8. The number of hydrogen-bond donors (Lipinski definition) is 4. The number of rotatable bonds is 17. The molecule has 2 aromatic carbocycles. The molecule has 2 amide bonds. The molecule has 4 aliphatic rings. The minimum atomic E-state index is -0.816. The van der Waals surface area contributed by atoms with Crippen LogP contribution in [-0.4, -0.2) is 132 Å². The number of aromatic nitrogens is 6. The Morgan fingerprint density at radius 2 is 1.67 bits per heavy atom. The molecule has 76 heavy (non-hydrogen) atoms. The number of likely N-dealkylation sites (tertiary alicyclic amines) is 2. The Morgan fingerprint density at radius 3 is 2.39 bits per heavy atom. The van der Waals surface area contributed by atoms with Crippen LogP contribution in [0.1, 0.15) is 100 Å². The number of nitrogens with two attached hydrogens (primary N) is 1. The molecule has 4 atom stereocenters. The summed E-state index contributed by atoms with van der Waals surface area (Å²) in [6, 6.07) is 22.2. The number of para-hydroxylation sites is 1. The van der Waals surface area contributed by atoms with E-state index in [9.17, 15) is 19.8 Å². The smallest absolute Gasteiger partial charge is 0.243 e. The number of amides is 2. The zero-order chi connectivity index (χ0) is 53.0. The van der Waals surface area contributed by atoms with Gasteiger partial charge in [-0.1, -0.05) is 55.4 Å². The number of ether oxygens (including phenoxy) is 2. The fourth-order valence-corrected chi connectivity index (χ4v) is 11.1. The summed E-state index contributed by atoms with van der Waals surface area (Å²) in [6.45, 7) is 10.6. The van der Waals surface area contributed by atoms with Gasteiger partial charge in [-0.2, -0.15) is 5.10 Å². The summed E-state index contributed by atoms with van der Waals surface area (Å²) in [6.07, 6.45) is 9.83. The third-order valence-electron chi connectivity index (χ3n) is 15.5. The van der Waals surface area contributed by atoms with Crippen LogP contribution in [0.2, 0.25) is 0 Å². The number of carbonyl (C=O) groups is 2. The third kappa shape index (κ3) is 11.9. The van der Waals surface area contributed by atoms with Crippen molar-refractivity contribution >= 4 is 35.4 Å². The van der Waals surface area contributed by atoms with Crippen LogP contribution in [0, 0.1) is 11.8 Å². The molecule has 19 heteroatoms. The number of phenols is 1. The second-order valence-corrected chi connectivity index (χ2v) is 21.3. The van der Waals surface area contributed by atoms with Crippen LogP contribution >= 0.6 is 0 Å². The molecule has 0 spiro atoms. The molecular weight excluding hydrogens is 970 g/mol. The predicted octanol–water partition coefficient (Wildman–Crippen LogP) is 7.57. The SMILES string of the molecule is CC(C)[C@@H](C(=O)N1C[C@H](O)C[C@H]1C(=O)N[C@@H](C)c1ccc(-c2ccnn2C)cc1)c1cc(N2CCC(CN3CCC(OC4CC(Oc5cc(C=C(F)c6cc(-c7ccccc7O)nnc6N)ccn5)C4)CC3)CC2)no1. The van der Waals surface area contributed by atoms with Gasteiger partial charge in [-0.3, -0.25) is 14.3 Å². The van der Waals surface area contributed by atoms with Gasteiger partial charge in [0.15, 0.2) is 17.4 Å². The summed E-state index contributed by atoms with van der Waals surface area (Å²) in [4.78, 5) is 38.8. The zero-order valence-corrected chi connectivity index (χ0v) is 43.5. The monoisotopic (exact) mass is 1040 g/mol. The van der Waals surface area contributed by atoms with Crippen molar-refractivity contribution in [2.75, 3.05) is 49.9 Å². The highest BCUT2D eigenvalue weighted by molar-refractivity contribution is 5.91. The minimum absolute atomic E-state index is 0.00608. The first kappa shape index (κ1) is 52.2. The number of β-amino-alcohol motifs (C(OH)–C–C–N with tert-alkyl or cyclic N) is 1. The Balaban J connectivity index is 0.646. The number of aromatic hydroxyl groups is 1. The lowest BCUT2D eigenvalue weighted by atomic mass is 9.91. The van der Waals surface area contributed by atoms with E-state index in [0.717, 1.165) is 88.1 Å². The second kappa shape index (κ2) is 22.9. The molecule has 1 saturated carbocycles. The average Bonchev–Trinajstić information content (AvgIpc) is 4.18. The van der Waals surface area contributed by atoms with Crippen molar-refractivity contribution in [2.24, 2.45) is 18.9 Å². The number of anilines is 2. The molecule has 4 fully saturated rings. The quantitative estimate of drug-likeness (QED) is 0.0692. The number of benzene rings is 2. The molecule has 7 heterocycles. The number of carbonyl (C=O) groups excluding carboxylic acids is 2. The summed E-state index contributed by atoms with van der Waals surface area (Å²) in [5.74, 6) is 0.108. The van der Waals surface area contributed by atoms with Crippen molar-refractivity contribution in [2.45, 2.75) is 108 Å². The number of hydrogen-bond acceptors (Lipinski definition) is 15. The number of piperidine rings is 2. The van der Waals surface area contributed by atoms with Gasteiger partial charge in [-0.15, -0.1) is 10.2 Å². The average molecular weight is 1040 g/mol. The van der Waals surface area contributed by atoms with Crippen molar-refractivity contribution in [3.63, 3.8) is 0 Å². The summed E-state index contributed by atoms with van der Waals surface area (Å²) < 4.78 is 36.0. The van der Waals surface area contributed by atoms with E-state index in [-0.39, 0.29) is 72.2 Å². The number of aliphatic hydroxyl groups excluding tert-OH is 1. The zero-order valence-electron chi connectivity index (χ0n) is 43.5. The maximum absolute atomic E-state index is 15.6. The number of halogens is 1. The van der Waals surface area contributed by atoms with Crippen molar-refractivity contribution < 1.29 is 38.2 Å². The number of nitrogens with zero attached hydrogens (tertiary/aromatic N) is 9. The van der Waals surface area contributed by atoms with Crippen molar-refractivity contribution in [3.8, 4) is 34.1 Å². The first-order valence-corrected chi connectivity index (χ1v) is 26.6. The summed E-state index contributed by atoms with van der Waals surface area (Å²) in [5.41, 5.74) is 10.3. The number of nitrogens with one attached hydrogen (secondary N) is 1. The first-order valence-electron chi connectivity index (χ1n) is 26.6. The summed E-state index contributed by atoms with van der Waals surface area (Å²) >= 11 is 0. The van der Waals surface area contributed by atoms with E-state index in [0.29, 0.717) is 40.2 Å². The van der Waals surface area contributed by atoms with Gasteiger partial charge in [0.2, 0.25) is 17.7 Å². The van der Waals surface area contributed by atoms with Crippen molar-refractivity contribution in [1.82, 2.24) is 45.2 Å². The van der Waals surface area contributed by atoms with Crippen LogP contribution in [0.4, 0.5) is 16.0 Å². The van der Waals surface area contributed by atoms with E-state index in [1.54, 1.807) is 42.7 Å². The Morgan fingerprint density at radius 1 is 0.908 bits per heavy atom. The molecule has 6 aromatic rings. The molecule has 1 aliphatic carbocycles. The largest absolute Gasteiger partial charge is 0.507 e. The number of pyridine rings is 1. The number of aryl methyl sites for hydroxylation is 1. The molecule has 3 saturated heterocycles. The lowest BCUT2D eigenvalue weighted by molar-refractivity contribution is -0.141. The molecule has 0 unspecified atom stereocenters. The van der Waals surface area contributed by atoms with Gasteiger partial charge in [0, 0.05) is 95.7 Å². The molecule has 18 nitrogen and oxygen atoms in total. The van der Waals surface area contributed by atoms with Crippen molar-refractivity contribution in [3.05, 3.63) is 114 Å². The minimum Gasteiger partial charge on any atom is -0.507 e. The van der Waals surface area contributed by atoms with Crippen LogP contribution in [-0.2, 0) is 21.4 Å². The molecule has 5 N–H and O–H groups in total. The lowest BCUT2D eigenvalue weighted by Crippen LogP contribution is -2.48. The van der Waals surface area contributed by atoms with Gasteiger partial charge >= 0.3 is 0 Å². The fraction of sp³-hybridized carbons (Fsp3) is 0.456. The van der Waals surface area contributed by atoms with Crippen LogP contribution < -0.4 is 20.7 Å². The lowest BCUT2D eigenvalue weighted by Gasteiger charge is -2.41. The molecule has 0 bridgehead atoms. The van der Waals surface area contributed by atoms with Gasteiger partial charge in [-0.25, -0.2) is 9.37 Å². The molecule has 0 radical (unpaired) electrons. The summed E-state index contributed by atoms with van der Waals surface area (Å²) in [5, 5.41) is 40.8. The highest BCUT2D eigenvalue weighted by atomic mass is 19.1. The first-order chi connectivity index (χ1) is 36.7. The number of aliphatic hydroxyl groups is 1. The van der Waals surface area contributed by atoms with E-state index in [1.165, 1.54) is 23.1 Å². The molecule has 4 aromatic heterocycles. The number of phenolic OH excluding ortho intramolecular Hbond substituents is 1. The number of nitrogen functional groups attached to an aromatic ring is 1. The van der Waals surface area contributed by atoms with Gasteiger partial charge in [0.1, 0.15) is 29.6 Å². The van der Waals surface area contributed by atoms with E-state index in [1.807, 2.05) is 68.9 Å². The highest BCUT2D eigenvalue weighted by Crippen LogP contribution is 2.36. The molecule has 400 valence electrons. The molecule has 3 aliphatic heterocycles. The highest BCUT2D eigenvalue weighted by Gasteiger charge is 2.44. The third-order valence-corrected chi connectivity index (χ3v) is 15.5. The van der Waals surface area contributed by atoms with Crippen LogP contribution in [0.25, 0.3) is 34.4 Å². The van der Waals surface area contributed by atoms with E-state index in [2.05, 4.69) is 40.6 Å². The van der Waals surface area contributed by atoms with E-state index >= 15 is 4.39 Å². The Labute approximate surface area is 442 Å². The fourth-order valence-electron chi connectivity index (χ4n) is 11.1.